The third kappa shape index (κ3) is 16.4. The van der Waals surface area contributed by atoms with Gasteiger partial charge < -0.3 is 44.3 Å². The van der Waals surface area contributed by atoms with Gasteiger partial charge in [-0.1, -0.05) is 103 Å². The Kier molecular flexibility index (Phi) is 20.6. The zero-order valence-corrected chi connectivity index (χ0v) is 54.3. The number of imidazole rings is 9. The van der Waals surface area contributed by atoms with Crippen LogP contribution in [-0.2, 0) is 0 Å². The van der Waals surface area contributed by atoms with Crippen molar-refractivity contribution in [3.63, 3.8) is 0 Å². The third-order valence-corrected chi connectivity index (χ3v) is 15.3. The summed E-state index contributed by atoms with van der Waals surface area (Å²) in [7, 11) is 0. The zero-order chi connectivity index (χ0) is 69.5. The van der Waals surface area contributed by atoms with Crippen LogP contribution in [-0.4, -0.2) is 139 Å². The van der Waals surface area contributed by atoms with Crippen LogP contribution in [0, 0.1) is 0 Å². The van der Waals surface area contributed by atoms with E-state index < -0.39 is 0 Å². The van der Waals surface area contributed by atoms with Crippen LogP contribution in [0.1, 0.15) is 0 Å². The first kappa shape index (κ1) is 65.0. The second-order valence-corrected chi connectivity index (χ2v) is 21.7. The van der Waals surface area contributed by atoms with E-state index in [2.05, 4.69) is 207 Å². The predicted octanol–water partition coefficient (Wildman–Crippen LogP) is 14.1. The molecular formula is C75H58N28. The van der Waals surface area contributed by atoms with Gasteiger partial charge in [-0.15, -0.1) is 0 Å². The molecule has 0 atom stereocenters. The monoisotopic (exact) mass is 1350 g/mol. The van der Waals surface area contributed by atoms with Crippen molar-refractivity contribution >= 4 is 138 Å². The molecule has 17 aromatic heterocycles. The van der Waals surface area contributed by atoms with Gasteiger partial charge in [-0.05, 0) is 83.6 Å². The van der Waals surface area contributed by atoms with E-state index in [1.807, 2.05) is 120 Å². The first-order chi connectivity index (χ1) is 51.1. The van der Waals surface area contributed by atoms with Crippen molar-refractivity contribution in [2.24, 2.45) is 0 Å². The van der Waals surface area contributed by atoms with Crippen molar-refractivity contribution in [3.05, 3.63) is 307 Å². The minimum atomic E-state index is 0.664. The summed E-state index contributed by atoms with van der Waals surface area (Å²) < 4.78 is 1.97. The van der Waals surface area contributed by atoms with Crippen LogP contribution in [0.15, 0.2) is 307 Å². The summed E-state index contributed by atoms with van der Waals surface area (Å²) >= 11 is 0. The number of hydrogen-bond donors (Lipinski definition) is 8. The lowest BCUT2D eigenvalue weighted by Crippen LogP contribution is -1.83. The number of para-hydroxylation sites is 2. The van der Waals surface area contributed by atoms with Crippen LogP contribution in [0.3, 0.4) is 0 Å². The van der Waals surface area contributed by atoms with Gasteiger partial charge >= 0.3 is 0 Å². The van der Waals surface area contributed by atoms with Crippen LogP contribution < -0.4 is 0 Å². The Morgan fingerprint density at radius 3 is 1.22 bits per heavy atom. The molecule has 0 aliphatic carbocycles. The molecule has 23 aromatic rings. The average molecular weight is 1350 g/mol. The number of nitrogens with one attached hydrogen (secondary N) is 8. The van der Waals surface area contributed by atoms with E-state index >= 15 is 0 Å². The van der Waals surface area contributed by atoms with Gasteiger partial charge in [-0.2, -0.15) is 0 Å². The normalized spacial score (nSPS) is 10.5. The Hall–Kier alpha value is -15.4. The van der Waals surface area contributed by atoms with Gasteiger partial charge in [0.15, 0.2) is 33.9 Å². The van der Waals surface area contributed by atoms with Gasteiger partial charge in [-0.25, -0.2) is 84.7 Å². The highest BCUT2D eigenvalue weighted by atomic mass is 15.0. The van der Waals surface area contributed by atoms with Crippen molar-refractivity contribution < 1.29 is 0 Å². The molecular weight excluding hydrogens is 1290 g/mol. The molecule has 6 aromatic carbocycles. The lowest BCUT2D eigenvalue weighted by molar-refractivity contribution is 1.19. The number of hydrogen-bond acceptors (Lipinski definition) is 19. The van der Waals surface area contributed by atoms with Gasteiger partial charge in [0, 0.05) is 77.3 Å². The van der Waals surface area contributed by atoms with Crippen LogP contribution in [0.25, 0.3) is 138 Å². The van der Waals surface area contributed by atoms with E-state index in [1.54, 1.807) is 106 Å². The maximum Gasteiger partial charge on any atom is 0.197 e. The fourth-order valence-electron chi connectivity index (χ4n) is 10.4. The largest absolute Gasteiger partial charge is 0.345 e. The van der Waals surface area contributed by atoms with Crippen LogP contribution >= 0.6 is 0 Å². The second-order valence-electron chi connectivity index (χ2n) is 21.7. The molecule has 0 amide bonds. The smallest absolute Gasteiger partial charge is 0.197 e. The van der Waals surface area contributed by atoms with Gasteiger partial charge in [-0.3, -0.25) is 9.97 Å². The molecule has 8 N–H and O–H groups in total. The number of fused-ring (bicyclic) bond motifs is 16. The molecule has 498 valence electrons. The Morgan fingerprint density at radius 1 is 0.233 bits per heavy atom. The molecule has 17 heterocycles. The summed E-state index contributed by atoms with van der Waals surface area (Å²) in [5.74, 6) is 0. The number of rotatable bonds is 0. The van der Waals surface area contributed by atoms with Crippen molar-refractivity contribution in [2.45, 2.75) is 0 Å². The minimum Gasteiger partial charge on any atom is -0.345 e. The fraction of sp³-hybridized carbons (Fsp3) is 0. The maximum atomic E-state index is 4.35. The first-order valence-electron chi connectivity index (χ1n) is 31.8. The SMILES string of the molecule is c1ccc2[nH]cnc2c1.c1ccc2c(c1)ccc1[nH]cnc12.c1ccc2c(c1)ccc1[nH]cnc12.c1ccn2ccnc2c1.c1cnc2[nH]cnc2n1.c1cnc2c(c1)ccc1cccnc12.c1cnc2nc[nH]c2c1.c1cnc2nc[nH]c2c1.c1ncc2[nH]cnc2n1.c1ncc2[nH]cnc2n1. The second kappa shape index (κ2) is 32.6. The zero-order valence-electron chi connectivity index (χ0n) is 54.3. The third-order valence-electron chi connectivity index (χ3n) is 15.3. The Balaban J connectivity index is 0.0000000973. The van der Waals surface area contributed by atoms with Crippen molar-refractivity contribution in [1.82, 2.24) is 139 Å². The van der Waals surface area contributed by atoms with E-state index in [4.69, 9.17) is 0 Å². The van der Waals surface area contributed by atoms with Crippen LogP contribution in [0.4, 0.5) is 0 Å². The highest BCUT2D eigenvalue weighted by Gasteiger charge is 2.04. The molecule has 0 bridgehead atoms. The quantitative estimate of drug-likeness (QED) is 0.0654. The molecule has 0 spiro atoms. The maximum absolute atomic E-state index is 4.35. The lowest BCUT2D eigenvalue weighted by atomic mass is 10.1. The molecule has 0 aliphatic rings. The van der Waals surface area contributed by atoms with Crippen molar-refractivity contribution in [3.8, 4) is 0 Å². The summed E-state index contributed by atoms with van der Waals surface area (Å²) in [5, 5.41) is 7.17. The molecule has 0 unspecified atom stereocenters. The summed E-state index contributed by atoms with van der Waals surface area (Å²) in [4.78, 5) is 100. The predicted molar refractivity (Wildman–Crippen MR) is 398 cm³/mol. The van der Waals surface area contributed by atoms with Crippen LogP contribution in [0.2, 0.25) is 0 Å². The van der Waals surface area contributed by atoms with E-state index in [-0.39, 0.29) is 0 Å². The molecule has 28 nitrogen and oxygen atoms in total. The number of aromatic nitrogens is 28. The highest BCUT2D eigenvalue weighted by molar-refractivity contribution is 6.05. The van der Waals surface area contributed by atoms with E-state index in [0.29, 0.717) is 16.9 Å². The Morgan fingerprint density at radius 2 is 0.660 bits per heavy atom. The topological polar surface area (TPSA) is 376 Å². The molecule has 0 aliphatic heterocycles. The fourth-order valence-corrected chi connectivity index (χ4v) is 10.4. The van der Waals surface area contributed by atoms with Crippen molar-refractivity contribution in [2.75, 3.05) is 0 Å². The van der Waals surface area contributed by atoms with Gasteiger partial charge in [0.1, 0.15) is 29.3 Å². The van der Waals surface area contributed by atoms with Gasteiger partial charge in [0.2, 0.25) is 0 Å². The molecule has 0 saturated heterocycles. The average Bonchev–Trinajstić information content (AvgIpc) is 1.66. The van der Waals surface area contributed by atoms with E-state index in [1.165, 1.54) is 34.2 Å². The Bertz CT molecular complexity index is 5480. The molecule has 23 rings (SSSR count). The Labute approximate surface area is 581 Å². The molecule has 28 heteroatoms. The summed E-state index contributed by atoms with van der Waals surface area (Å²) in [6.07, 6.45) is 35.5. The summed E-state index contributed by atoms with van der Waals surface area (Å²) in [5.41, 5.74) is 17.5. The lowest BCUT2D eigenvalue weighted by Gasteiger charge is -2.00. The minimum absolute atomic E-state index is 0.664. The number of nitrogens with zero attached hydrogens (tertiary/aromatic N) is 20. The highest BCUT2D eigenvalue weighted by Crippen LogP contribution is 2.24. The number of benzene rings is 6. The number of pyridine rings is 5. The van der Waals surface area contributed by atoms with Gasteiger partial charge in [0.25, 0.3) is 0 Å². The molecule has 0 radical (unpaired) electrons. The molecule has 103 heavy (non-hydrogen) atoms. The van der Waals surface area contributed by atoms with Gasteiger partial charge in [0.05, 0.1) is 118 Å². The van der Waals surface area contributed by atoms with Crippen molar-refractivity contribution in [1.29, 1.82) is 0 Å². The standard InChI is InChI=1S/C12H8N2.2C11H8N2.2C7H6N2.2C6H5N3.3C5H4N4/c1-3-9-5-6-10-4-2-8-14-12(10)11(9)13-7-1;2*1-2-4-9-8(3-1)5-6-10-11(9)13-7-12-10;1-2-5-9-6-4-8-7(9)3-1;1-2-4-7-6(3-1)8-5-9-7;2*1-2-5-6(7-3-1)9-4-8-5;2*1-4-5(8-2-6-1)9-3-7-4;1-2-7-5-4(6-1)8-3-9-5/h1-8H;2*1-7H,(H,12,13);1-6H;1-5H,(H,8,9);2*1-4H,(H,7,8,9);3*1-3H,(H,6,7,8,9). The number of aromatic amines is 8. The van der Waals surface area contributed by atoms with E-state index in [9.17, 15) is 0 Å². The van der Waals surface area contributed by atoms with E-state index in [0.717, 1.165) is 99.6 Å². The number of H-pyrrole nitrogens is 8. The first-order valence-corrected chi connectivity index (χ1v) is 31.8. The molecule has 0 saturated carbocycles. The van der Waals surface area contributed by atoms with Crippen LogP contribution in [0.5, 0.6) is 0 Å². The summed E-state index contributed by atoms with van der Waals surface area (Å²) in [6.45, 7) is 0. The molecule has 0 fully saturated rings. The summed E-state index contributed by atoms with van der Waals surface area (Å²) in [6, 6.07) is 58.5.